The molecule has 2 rings (SSSR count). The SMILES string of the molecule is CCOC(=O)C=CC=Cc1c[nH]c2ccccc12. The maximum absolute atomic E-state index is 11.1. The Morgan fingerprint density at radius 2 is 2.17 bits per heavy atom. The first kappa shape index (κ1) is 12.2. The van der Waals surface area contributed by atoms with E-state index < -0.39 is 0 Å². The molecule has 0 aliphatic rings. The standard InChI is InChI=1S/C15H15NO2/c1-2-18-15(17)10-6-3-7-12-11-16-14-9-5-4-8-13(12)14/h3-11,16H,2H2,1H3. The van der Waals surface area contributed by atoms with Crippen molar-refractivity contribution < 1.29 is 9.53 Å². The fourth-order valence-corrected chi connectivity index (χ4v) is 1.72. The number of benzene rings is 1. The van der Waals surface area contributed by atoms with Crippen LogP contribution in [-0.4, -0.2) is 17.6 Å². The predicted octanol–water partition coefficient (Wildman–Crippen LogP) is 3.30. The first-order valence-electron chi connectivity index (χ1n) is 5.89. The largest absolute Gasteiger partial charge is 0.463 e. The molecule has 0 atom stereocenters. The lowest BCUT2D eigenvalue weighted by Crippen LogP contribution is -1.98. The van der Waals surface area contributed by atoms with Crippen molar-refractivity contribution in [1.82, 2.24) is 4.98 Å². The Balaban J connectivity index is 2.07. The van der Waals surface area contributed by atoms with Gasteiger partial charge in [0.25, 0.3) is 0 Å². The van der Waals surface area contributed by atoms with Crippen molar-refractivity contribution in [2.24, 2.45) is 0 Å². The summed E-state index contributed by atoms with van der Waals surface area (Å²) < 4.78 is 4.78. The molecule has 3 nitrogen and oxygen atoms in total. The molecule has 0 radical (unpaired) electrons. The molecule has 0 spiro atoms. The lowest BCUT2D eigenvalue weighted by Gasteiger charge is -1.92. The molecule has 0 amide bonds. The molecule has 18 heavy (non-hydrogen) atoms. The zero-order valence-electron chi connectivity index (χ0n) is 10.2. The first-order chi connectivity index (χ1) is 8.81. The number of carbonyl (C=O) groups is 1. The van der Waals surface area contributed by atoms with Crippen molar-refractivity contribution in [2.45, 2.75) is 6.92 Å². The number of aromatic nitrogens is 1. The normalized spacial score (nSPS) is 11.6. The Bertz CT molecular complexity index is 593. The Morgan fingerprint density at radius 1 is 1.33 bits per heavy atom. The van der Waals surface area contributed by atoms with Crippen molar-refractivity contribution in [3.8, 4) is 0 Å². The van der Waals surface area contributed by atoms with Crippen LogP contribution in [-0.2, 0) is 9.53 Å². The molecule has 1 heterocycles. The molecule has 1 aromatic heterocycles. The van der Waals surface area contributed by atoms with Crippen LogP contribution < -0.4 is 0 Å². The number of carbonyl (C=O) groups excluding carboxylic acids is 1. The summed E-state index contributed by atoms with van der Waals surface area (Å²) in [6, 6.07) is 8.08. The van der Waals surface area contributed by atoms with Gasteiger partial charge in [0.05, 0.1) is 6.61 Å². The number of hydrogen-bond acceptors (Lipinski definition) is 2. The van der Waals surface area contributed by atoms with Crippen molar-refractivity contribution in [1.29, 1.82) is 0 Å². The van der Waals surface area contributed by atoms with Crippen molar-refractivity contribution in [3.05, 3.63) is 54.3 Å². The molecule has 3 heteroatoms. The molecule has 0 fully saturated rings. The molecule has 0 aliphatic heterocycles. The second-order valence-electron chi connectivity index (χ2n) is 3.76. The molecule has 0 saturated carbocycles. The summed E-state index contributed by atoms with van der Waals surface area (Å²) >= 11 is 0. The highest BCUT2D eigenvalue weighted by atomic mass is 16.5. The van der Waals surface area contributed by atoms with E-state index in [-0.39, 0.29) is 5.97 Å². The second-order valence-corrected chi connectivity index (χ2v) is 3.76. The molecule has 2 aromatic rings. The van der Waals surface area contributed by atoms with Gasteiger partial charge in [0, 0.05) is 23.2 Å². The minimum atomic E-state index is -0.318. The van der Waals surface area contributed by atoms with E-state index in [0.29, 0.717) is 6.61 Å². The number of para-hydroxylation sites is 1. The number of aromatic amines is 1. The number of allylic oxidation sites excluding steroid dienone is 2. The fraction of sp³-hybridized carbons (Fsp3) is 0.133. The van der Waals surface area contributed by atoms with Crippen molar-refractivity contribution >= 4 is 22.9 Å². The van der Waals surface area contributed by atoms with Gasteiger partial charge in [0.1, 0.15) is 0 Å². The number of ether oxygens (including phenoxy) is 1. The van der Waals surface area contributed by atoms with E-state index in [0.717, 1.165) is 11.1 Å². The van der Waals surface area contributed by atoms with Gasteiger partial charge in [-0.1, -0.05) is 36.4 Å². The minimum absolute atomic E-state index is 0.318. The van der Waals surface area contributed by atoms with Gasteiger partial charge in [-0.05, 0) is 18.6 Å². The minimum Gasteiger partial charge on any atom is -0.463 e. The summed E-state index contributed by atoms with van der Waals surface area (Å²) in [6.45, 7) is 2.18. The average Bonchev–Trinajstić information content (AvgIpc) is 2.78. The Kier molecular flexibility index (Phi) is 3.97. The highest BCUT2D eigenvalue weighted by molar-refractivity contribution is 5.89. The number of nitrogens with one attached hydrogen (secondary N) is 1. The Morgan fingerprint density at radius 3 is 3.00 bits per heavy atom. The molecule has 0 saturated heterocycles. The Labute approximate surface area is 106 Å². The van der Waals surface area contributed by atoms with Gasteiger partial charge in [0.15, 0.2) is 0 Å². The van der Waals surface area contributed by atoms with E-state index in [1.807, 2.05) is 36.5 Å². The zero-order chi connectivity index (χ0) is 12.8. The van der Waals surface area contributed by atoms with Crippen LogP contribution in [0.25, 0.3) is 17.0 Å². The topological polar surface area (TPSA) is 42.1 Å². The van der Waals surface area contributed by atoms with Crippen LogP contribution in [0.3, 0.4) is 0 Å². The van der Waals surface area contributed by atoms with Gasteiger partial charge >= 0.3 is 5.97 Å². The maximum atomic E-state index is 11.1. The highest BCUT2D eigenvalue weighted by Crippen LogP contribution is 2.18. The summed E-state index contributed by atoms with van der Waals surface area (Å²) in [6.07, 6.45) is 8.81. The quantitative estimate of drug-likeness (QED) is 0.507. The van der Waals surface area contributed by atoms with Crippen LogP contribution in [0.15, 0.2) is 48.7 Å². The molecule has 92 valence electrons. The fourth-order valence-electron chi connectivity index (χ4n) is 1.72. The zero-order valence-corrected chi connectivity index (χ0v) is 10.2. The monoisotopic (exact) mass is 241 g/mol. The van der Waals surface area contributed by atoms with Crippen molar-refractivity contribution in [3.63, 3.8) is 0 Å². The summed E-state index contributed by atoms with van der Waals surface area (Å²) in [5.74, 6) is -0.318. The van der Waals surface area contributed by atoms with Gasteiger partial charge in [-0.15, -0.1) is 0 Å². The molecule has 0 aliphatic carbocycles. The molecule has 0 unspecified atom stereocenters. The summed E-state index contributed by atoms with van der Waals surface area (Å²) in [5.41, 5.74) is 2.20. The van der Waals surface area contributed by atoms with Crippen LogP contribution in [0.1, 0.15) is 12.5 Å². The third-order valence-corrected chi connectivity index (χ3v) is 2.53. The van der Waals surface area contributed by atoms with Crippen LogP contribution >= 0.6 is 0 Å². The highest BCUT2D eigenvalue weighted by Gasteiger charge is 1.97. The second kappa shape index (κ2) is 5.87. The third kappa shape index (κ3) is 2.88. The third-order valence-electron chi connectivity index (χ3n) is 2.53. The smallest absolute Gasteiger partial charge is 0.330 e. The number of H-pyrrole nitrogens is 1. The summed E-state index contributed by atoms with van der Waals surface area (Å²) in [5, 5.41) is 1.17. The van der Waals surface area contributed by atoms with E-state index >= 15 is 0 Å². The molecule has 1 aromatic carbocycles. The first-order valence-corrected chi connectivity index (χ1v) is 5.89. The van der Waals surface area contributed by atoms with Gasteiger partial charge in [-0.3, -0.25) is 0 Å². The summed E-state index contributed by atoms with van der Waals surface area (Å²) in [4.78, 5) is 14.3. The molecule has 0 bridgehead atoms. The maximum Gasteiger partial charge on any atom is 0.330 e. The number of fused-ring (bicyclic) bond motifs is 1. The van der Waals surface area contributed by atoms with Crippen LogP contribution in [0, 0.1) is 0 Å². The van der Waals surface area contributed by atoms with E-state index in [9.17, 15) is 4.79 Å². The summed E-state index contributed by atoms with van der Waals surface area (Å²) in [7, 11) is 0. The van der Waals surface area contributed by atoms with E-state index in [1.165, 1.54) is 11.5 Å². The van der Waals surface area contributed by atoms with Crippen LogP contribution in [0.2, 0.25) is 0 Å². The predicted molar refractivity (Wildman–Crippen MR) is 73.1 cm³/mol. The van der Waals surface area contributed by atoms with Crippen molar-refractivity contribution in [2.75, 3.05) is 6.61 Å². The number of esters is 1. The average molecular weight is 241 g/mol. The van der Waals surface area contributed by atoms with E-state index in [2.05, 4.69) is 11.1 Å². The molecule has 1 N–H and O–H groups in total. The Hall–Kier alpha value is -2.29. The lowest BCUT2D eigenvalue weighted by molar-refractivity contribution is -0.137. The van der Waals surface area contributed by atoms with E-state index in [4.69, 9.17) is 4.74 Å². The number of hydrogen-bond donors (Lipinski definition) is 1. The number of rotatable bonds is 4. The van der Waals surface area contributed by atoms with Gasteiger partial charge in [-0.2, -0.15) is 0 Å². The lowest BCUT2D eigenvalue weighted by atomic mass is 10.1. The molecular weight excluding hydrogens is 226 g/mol. The van der Waals surface area contributed by atoms with Crippen LogP contribution in [0.4, 0.5) is 0 Å². The molecular formula is C15H15NO2. The van der Waals surface area contributed by atoms with Gasteiger partial charge < -0.3 is 9.72 Å². The van der Waals surface area contributed by atoms with Gasteiger partial charge in [-0.25, -0.2) is 4.79 Å². The van der Waals surface area contributed by atoms with Gasteiger partial charge in [0.2, 0.25) is 0 Å². The van der Waals surface area contributed by atoms with E-state index in [1.54, 1.807) is 13.0 Å². The van der Waals surface area contributed by atoms with Crippen LogP contribution in [0.5, 0.6) is 0 Å².